The van der Waals surface area contributed by atoms with Gasteiger partial charge >= 0.3 is 0 Å². The number of hydrogen-bond donors (Lipinski definition) is 3. The van der Waals surface area contributed by atoms with E-state index in [1.54, 1.807) is 17.5 Å². The summed E-state index contributed by atoms with van der Waals surface area (Å²) in [4.78, 5) is 19.6. The van der Waals surface area contributed by atoms with Gasteiger partial charge in [0.2, 0.25) is 5.95 Å². The summed E-state index contributed by atoms with van der Waals surface area (Å²) >= 11 is 1.61. The number of nitrogens with zero attached hydrogens (tertiary/aromatic N) is 4. The molecule has 0 radical (unpaired) electrons. The number of ether oxygens (including phenoxy) is 1. The lowest BCUT2D eigenvalue weighted by Crippen LogP contribution is -2.30. The highest BCUT2D eigenvalue weighted by Crippen LogP contribution is 2.24. The standard InChI is InChI=1S/C22H28N6O2S/c29-18-5-3-14(4-6-18)25-22-26-16(10-17(27-22)12-24-15-7-9-30-13-15)11-20-28-19-2-1-8-23-21(19)31-20/h1-2,8,10,14-15,18,24,29H,3-7,9,11-13H2,(H,25,26,27). The Bertz CT molecular complexity index is 981. The van der Waals surface area contributed by atoms with Crippen molar-refractivity contribution >= 4 is 27.6 Å². The van der Waals surface area contributed by atoms with E-state index >= 15 is 0 Å². The van der Waals surface area contributed by atoms with E-state index in [4.69, 9.17) is 19.7 Å². The molecule has 0 amide bonds. The summed E-state index contributed by atoms with van der Waals surface area (Å²) < 4.78 is 5.47. The first-order valence-electron chi connectivity index (χ1n) is 11.0. The molecule has 5 rings (SSSR count). The predicted octanol–water partition coefficient (Wildman–Crippen LogP) is 2.67. The Balaban J connectivity index is 1.34. The van der Waals surface area contributed by atoms with Crippen molar-refractivity contribution in [2.24, 2.45) is 0 Å². The number of fused-ring (bicyclic) bond motifs is 1. The van der Waals surface area contributed by atoms with Crippen molar-refractivity contribution < 1.29 is 9.84 Å². The van der Waals surface area contributed by atoms with E-state index in [0.717, 1.165) is 72.1 Å². The molecule has 1 saturated carbocycles. The molecule has 164 valence electrons. The summed E-state index contributed by atoms with van der Waals surface area (Å²) in [5.41, 5.74) is 2.85. The third-order valence-corrected chi connectivity index (χ3v) is 6.89. The zero-order valence-electron chi connectivity index (χ0n) is 17.5. The molecule has 2 aliphatic rings. The van der Waals surface area contributed by atoms with E-state index in [9.17, 15) is 5.11 Å². The van der Waals surface area contributed by atoms with E-state index in [2.05, 4.69) is 21.7 Å². The molecule has 4 heterocycles. The molecule has 8 nitrogen and oxygen atoms in total. The van der Waals surface area contributed by atoms with Crippen molar-refractivity contribution in [2.75, 3.05) is 18.5 Å². The van der Waals surface area contributed by atoms with Crippen molar-refractivity contribution in [1.29, 1.82) is 0 Å². The smallest absolute Gasteiger partial charge is 0.223 e. The van der Waals surface area contributed by atoms with Gasteiger partial charge in [-0.05, 0) is 50.3 Å². The Hall–Kier alpha value is -2.20. The molecule has 1 atom stereocenters. The van der Waals surface area contributed by atoms with Gasteiger partial charge < -0.3 is 20.5 Å². The number of aliphatic hydroxyl groups excluding tert-OH is 1. The van der Waals surface area contributed by atoms with Crippen LogP contribution in [0.15, 0.2) is 24.4 Å². The van der Waals surface area contributed by atoms with Gasteiger partial charge in [0.25, 0.3) is 0 Å². The number of rotatable bonds is 7. The Labute approximate surface area is 185 Å². The van der Waals surface area contributed by atoms with Crippen LogP contribution in [0.2, 0.25) is 0 Å². The number of anilines is 1. The van der Waals surface area contributed by atoms with Crippen LogP contribution < -0.4 is 10.6 Å². The van der Waals surface area contributed by atoms with Crippen LogP contribution in [0, 0.1) is 0 Å². The van der Waals surface area contributed by atoms with Crippen LogP contribution in [0.25, 0.3) is 10.3 Å². The van der Waals surface area contributed by atoms with E-state index in [-0.39, 0.29) is 6.10 Å². The van der Waals surface area contributed by atoms with Crippen molar-refractivity contribution in [2.45, 2.75) is 63.3 Å². The Morgan fingerprint density at radius 1 is 1.06 bits per heavy atom. The Kier molecular flexibility index (Phi) is 6.35. The average Bonchev–Trinajstić information content (AvgIpc) is 3.43. The lowest BCUT2D eigenvalue weighted by atomic mass is 9.93. The third-order valence-electron chi connectivity index (χ3n) is 5.91. The van der Waals surface area contributed by atoms with Gasteiger partial charge in [-0.25, -0.2) is 19.9 Å². The van der Waals surface area contributed by atoms with Gasteiger partial charge in [0.05, 0.1) is 24.1 Å². The minimum atomic E-state index is -0.175. The van der Waals surface area contributed by atoms with Gasteiger partial charge in [-0.15, -0.1) is 0 Å². The van der Waals surface area contributed by atoms with Crippen molar-refractivity contribution in [3.8, 4) is 0 Å². The molecule has 2 fully saturated rings. The summed E-state index contributed by atoms with van der Waals surface area (Å²) in [6.07, 6.45) is 6.84. The molecule has 0 aromatic carbocycles. The van der Waals surface area contributed by atoms with Gasteiger partial charge in [-0.2, -0.15) is 0 Å². The van der Waals surface area contributed by atoms with Crippen molar-refractivity contribution in [3.05, 3.63) is 40.8 Å². The summed E-state index contributed by atoms with van der Waals surface area (Å²) in [5.74, 6) is 0.664. The van der Waals surface area contributed by atoms with E-state index in [1.807, 2.05) is 12.1 Å². The summed E-state index contributed by atoms with van der Waals surface area (Å²) in [5, 5.41) is 17.8. The minimum Gasteiger partial charge on any atom is -0.393 e. The van der Waals surface area contributed by atoms with Crippen LogP contribution in [0.3, 0.4) is 0 Å². The molecular weight excluding hydrogens is 412 g/mol. The largest absolute Gasteiger partial charge is 0.393 e. The van der Waals surface area contributed by atoms with Crippen LogP contribution in [0.5, 0.6) is 0 Å². The maximum absolute atomic E-state index is 9.79. The molecule has 1 aliphatic heterocycles. The zero-order valence-corrected chi connectivity index (χ0v) is 18.3. The van der Waals surface area contributed by atoms with Crippen LogP contribution in [-0.2, 0) is 17.7 Å². The number of pyridine rings is 1. The van der Waals surface area contributed by atoms with Gasteiger partial charge in [0.15, 0.2) is 0 Å². The molecule has 1 saturated heterocycles. The maximum atomic E-state index is 9.79. The quantitative estimate of drug-likeness (QED) is 0.515. The maximum Gasteiger partial charge on any atom is 0.223 e. The van der Waals surface area contributed by atoms with Crippen molar-refractivity contribution in [3.63, 3.8) is 0 Å². The monoisotopic (exact) mass is 440 g/mol. The first-order chi connectivity index (χ1) is 15.2. The van der Waals surface area contributed by atoms with Crippen LogP contribution in [-0.4, -0.2) is 56.4 Å². The summed E-state index contributed by atoms with van der Waals surface area (Å²) in [7, 11) is 0. The topological polar surface area (TPSA) is 105 Å². The minimum absolute atomic E-state index is 0.175. The Morgan fingerprint density at radius 2 is 1.94 bits per heavy atom. The predicted molar refractivity (Wildman–Crippen MR) is 120 cm³/mol. The molecule has 1 unspecified atom stereocenters. The fourth-order valence-electron chi connectivity index (χ4n) is 4.19. The fraction of sp³-hybridized carbons (Fsp3) is 0.545. The molecule has 1 aliphatic carbocycles. The molecule has 0 spiro atoms. The molecule has 3 N–H and O–H groups in total. The van der Waals surface area contributed by atoms with Crippen LogP contribution in [0.4, 0.5) is 5.95 Å². The third kappa shape index (κ3) is 5.35. The second-order valence-electron chi connectivity index (χ2n) is 8.38. The summed E-state index contributed by atoms with van der Waals surface area (Å²) in [6, 6.07) is 6.65. The van der Waals surface area contributed by atoms with Crippen LogP contribution >= 0.6 is 11.3 Å². The van der Waals surface area contributed by atoms with Gasteiger partial charge in [-0.3, -0.25) is 0 Å². The molecular formula is C22H28N6O2S. The van der Waals surface area contributed by atoms with Crippen molar-refractivity contribution in [1.82, 2.24) is 25.3 Å². The van der Waals surface area contributed by atoms with E-state index in [0.29, 0.717) is 31.0 Å². The summed E-state index contributed by atoms with van der Waals surface area (Å²) in [6.45, 7) is 2.26. The number of nitrogens with one attached hydrogen (secondary N) is 2. The van der Waals surface area contributed by atoms with E-state index < -0.39 is 0 Å². The van der Waals surface area contributed by atoms with Gasteiger partial charge in [0.1, 0.15) is 15.4 Å². The highest BCUT2D eigenvalue weighted by molar-refractivity contribution is 7.18. The molecule has 0 bridgehead atoms. The van der Waals surface area contributed by atoms with E-state index in [1.165, 1.54) is 0 Å². The van der Waals surface area contributed by atoms with Gasteiger partial charge in [-0.1, -0.05) is 11.3 Å². The number of aliphatic hydroxyl groups is 1. The molecule has 9 heteroatoms. The SMILES string of the molecule is OC1CCC(Nc2nc(CNC3CCOC3)cc(Cc3nc4cccnc4s3)n2)CC1. The second kappa shape index (κ2) is 9.52. The first kappa shape index (κ1) is 20.7. The Morgan fingerprint density at radius 3 is 2.74 bits per heavy atom. The zero-order chi connectivity index (χ0) is 21.0. The fourth-order valence-corrected chi connectivity index (χ4v) is 5.11. The molecule has 3 aromatic heterocycles. The number of aromatic nitrogens is 4. The lowest BCUT2D eigenvalue weighted by molar-refractivity contribution is 0.126. The average molecular weight is 441 g/mol. The van der Waals surface area contributed by atoms with Gasteiger partial charge in [0, 0.05) is 37.9 Å². The highest BCUT2D eigenvalue weighted by atomic mass is 32.1. The van der Waals surface area contributed by atoms with Crippen LogP contribution in [0.1, 0.15) is 48.5 Å². The molecule has 31 heavy (non-hydrogen) atoms. The highest BCUT2D eigenvalue weighted by Gasteiger charge is 2.21. The molecule has 3 aromatic rings. The first-order valence-corrected chi connectivity index (χ1v) is 11.9. The normalized spacial score (nSPS) is 24.0. The second-order valence-corrected chi connectivity index (χ2v) is 9.44. The number of thiazole rings is 1. The number of hydrogen-bond acceptors (Lipinski definition) is 9. The lowest BCUT2D eigenvalue weighted by Gasteiger charge is -2.26.